The first kappa shape index (κ1) is 16.8. The van der Waals surface area contributed by atoms with Gasteiger partial charge in [0.15, 0.2) is 0 Å². The lowest BCUT2D eigenvalue weighted by Gasteiger charge is -2.19. The van der Waals surface area contributed by atoms with E-state index in [9.17, 15) is 0 Å². The minimum absolute atomic E-state index is 0.0612. The Kier molecular flexibility index (Phi) is 5.81. The largest absolute Gasteiger partial charge is 0.459 e. The summed E-state index contributed by atoms with van der Waals surface area (Å²) in [7, 11) is 0. The SMILES string of the molecule is C=C(C1=CCOC1CC/C(C)=C/c1ccc(CO)o1)C(C)C. The van der Waals surface area contributed by atoms with E-state index in [4.69, 9.17) is 14.3 Å². The molecule has 1 atom stereocenters. The molecule has 0 amide bonds. The Morgan fingerprint density at radius 1 is 1.45 bits per heavy atom. The summed E-state index contributed by atoms with van der Waals surface area (Å²) < 4.78 is 11.3. The Bertz CT molecular complexity index is 575. The minimum atomic E-state index is -0.0612. The summed E-state index contributed by atoms with van der Waals surface area (Å²) in [6, 6.07) is 3.68. The molecule has 3 heteroatoms. The lowest BCUT2D eigenvalue weighted by Crippen LogP contribution is -2.13. The first-order valence-electron chi connectivity index (χ1n) is 7.88. The molecule has 1 N–H and O–H groups in total. The van der Waals surface area contributed by atoms with Crippen LogP contribution >= 0.6 is 0 Å². The lowest BCUT2D eigenvalue weighted by molar-refractivity contribution is 0.116. The highest BCUT2D eigenvalue weighted by atomic mass is 16.5. The van der Waals surface area contributed by atoms with Crippen molar-refractivity contribution in [3.63, 3.8) is 0 Å². The van der Waals surface area contributed by atoms with E-state index in [0.29, 0.717) is 18.3 Å². The summed E-state index contributed by atoms with van der Waals surface area (Å²) in [5.41, 5.74) is 3.69. The third-order valence-corrected chi connectivity index (χ3v) is 4.04. The van der Waals surface area contributed by atoms with E-state index in [0.717, 1.165) is 18.6 Å². The van der Waals surface area contributed by atoms with Crippen molar-refractivity contribution in [2.45, 2.75) is 46.3 Å². The van der Waals surface area contributed by atoms with Gasteiger partial charge in [-0.1, -0.05) is 32.1 Å². The summed E-state index contributed by atoms with van der Waals surface area (Å²) in [6.45, 7) is 11.2. The van der Waals surface area contributed by atoms with Gasteiger partial charge in [-0.2, -0.15) is 0 Å². The van der Waals surface area contributed by atoms with Crippen molar-refractivity contribution in [1.82, 2.24) is 0 Å². The van der Waals surface area contributed by atoms with Gasteiger partial charge in [0.1, 0.15) is 18.1 Å². The Balaban J connectivity index is 1.92. The van der Waals surface area contributed by atoms with Gasteiger partial charge in [-0.15, -0.1) is 0 Å². The zero-order chi connectivity index (χ0) is 16.1. The molecule has 1 unspecified atom stereocenters. The molecule has 0 spiro atoms. The molecule has 3 nitrogen and oxygen atoms in total. The van der Waals surface area contributed by atoms with E-state index in [-0.39, 0.29) is 12.7 Å². The molecule has 2 heterocycles. The molecule has 0 aliphatic carbocycles. The Morgan fingerprint density at radius 3 is 2.86 bits per heavy atom. The predicted molar refractivity (Wildman–Crippen MR) is 89.3 cm³/mol. The third kappa shape index (κ3) is 4.21. The molecule has 0 saturated heterocycles. The first-order chi connectivity index (χ1) is 10.5. The van der Waals surface area contributed by atoms with E-state index in [1.54, 1.807) is 6.07 Å². The summed E-state index contributed by atoms with van der Waals surface area (Å²) in [5, 5.41) is 9.01. The van der Waals surface area contributed by atoms with Crippen molar-refractivity contribution in [2.24, 2.45) is 5.92 Å². The predicted octanol–water partition coefficient (Wildman–Crippen LogP) is 4.49. The number of aliphatic hydroxyl groups excluding tert-OH is 1. The van der Waals surface area contributed by atoms with Gasteiger partial charge in [-0.05, 0) is 55.0 Å². The van der Waals surface area contributed by atoms with Gasteiger partial charge in [0.2, 0.25) is 0 Å². The number of ether oxygens (including phenoxy) is 1. The van der Waals surface area contributed by atoms with Crippen LogP contribution in [0.15, 0.2) is 45.9 Å². The smallest absolute Gasteiger partial charge is 0.130 e. The minimum Gasteiger partial charge on any atom is -0.459 e. The van der Waals surface area contributed by atoms with Crippen LogP contribution in [0, 0.1) is 5.92 Å². The van der Waals surface area contributed by atoms with Crippen molar-refractivity contribution >= 4 is 6.08 Å². The molecule has 120 valence electrons. The van der Waals surface area contributed by atoms with Gasteiger partial charge >= 0.3 is 0 Å². The van der Waals surface area contributed by atoms with Crippen LogP contribution in [0.4, 0.5) is 0 Å². The normalized spacial score (nSPS) is 18.9. The van der Waals surface area contributed by atoms with E-state index >= 15 is 0 Å². The highest BCUT2D eigenvalue weighted by Crippen LogP contribution is 2.30. The van der Waals surface area contributed by atoms with E-state index in [2.05, 4.69) is 33.4 Å². The third-order valence-electron chi connectivity index (χ3n) is 4.04. The average molecular weight is 302 g/mol. The summed E-state index contributed by atoms with van der Waals surface area (Å²) in [5.74, 6) is 1.83. The molecular weight excluding hydrogens is 276 g/mol. The zero-order valence-corrected chi connectivity index (χ0v) is 13.8. The molecule has 0 fully saturated rings. The molecule has 1 aliphatic rings. The van der Waals surface area contributed by atoms with E-state index < -0.39 is 0 Å². The lowest BCUT2D eigenvalue weighted by atomic mass is 9.91. The number of rotatable bonds is 7. The van der Waals surface area contributed by atoms with Crippen LogP contribution in [0.5, 0.6) is 0 Å². The quantitative estimate of drug-likeness (QED) is 0.806. The van der Waals surface area contributed by atoms with E-state index in [1.807, 2.05) is 12.1 Å². The second-order valence-electron chi connectivity index (χ2n) is 6.15. The van der Waals surface area contributed by atoms with Crippen LogP contribution in [0.1, 0.15) is 45.1 Å². The van der Waals surface area contributed by atoms with Crippen molar-refractivity contribution < 1.29 is 14.3 Å². The fourth-order valence-electron chi connectivity index (χ4n) is 2.62. The maximum absolute atomic E-state index is 9.01. The van der Waals surface area contributed by atoms with Crippen molar-refractivity contribution in [3.8, 4) is 0 Å². The summed E-state index contributed by atoms with van der Waals surface area (Å²) in [4.78, 5) is 0. The van der Waals surface area contributed by atoms with Crippen LogP contribution in [0.3, 0.4) is 0 Å². The molecule has 0 radical (unpaired) electrons. The number of aliphatic hydroxyl groups is 1. The van der Waals surface area contributed by atoms with Crippen LogP contribution in [0.2, 0.25) is 0 Å². The molecule has 2 rings (SSSR count). The first-order valence-corrected chi connectivity index (χ1v) is 7.88. The standard InChI is InChI=1S/C19H26O3/c1-13(2)15(4)18-9-10-21-19(18)8-5-14(3)11-16-6-7-17(12-20)22-16/h6-7,9,11,13,19-20H,4-5,8,10,12H2,1-3H3/b14-11+. The van der Waals surface area contributed by atoms with Crippen LogP contribution in [0.25, 0.3) is 6.08 Å². The molecule has 22 heavy (non-hydrogen) atoms. The molecule has 1 aromatic rings. The molecule has 1 aliphatic heterocycles. The highest BCUT2D eigenvalue weighted by Gasteiger charge is 2.23. The van der Waals surface area contributed by atoms with Gasteiger partial charge in [-0.3, -0.25) is 0 Å². The van der Waals surface area contributed by atoms with Crippen LogP contribution < -0.4 is 0 Å². The summed E-state index contributed by atoms with van der Waals surface area (Å²) >= 11 is 0. The van der Waals surface area contributed by atoms with Crippen LogP contribution in [-0.4, -0.2) is 17.8 Å². The topological polar surface area (TPSA) is 42.6 Å². The highest BCUT2D eigenvalue weighted by molar-refractivity contribution is 5.47. The number of furan rings is 1. The fourth-order valence-corrected chi connectivity index (χ4v) is 2.62. The van der Waals surface area contributed by atoms with Gasteiger partial charge in [-0.25, -0.2) is 0 Å². The van der Waals surface area contributed by atoms with Crippen molar-refractivity contribution in [1.29, 1.82) is 0 Å². The van der Waals surface area contributed by atoms with Crippen molar-refractivity contribution in [3.05, 3.63) is 53.0 Å². The van der Waals surface area contributed by atoms with Gasteiger partial charge < -0.3 is 14.3 Å². The van der Waals surface area contributed by atoms with Gasteiger partial charge in [0.25, 0.3) is 0 Å². The monoisotopic (exact) mass is 302 g/mol. The maximum atomic E-state index is 9.01. The van der Waals surface area contributed by atoms with Crippen molar-refractivity contribution in [2.75, 3.05) is 6.61 Å². The second kappa shape index (κ2) is 7.61. The van der Waals surface area contributed by atoms with E-state index in [1.165, 1.54) is 16.7 Å². The average Bonchev–Trinajstić information content (AvgIpc) is 3.12. The Labute approximate surface area is 133 Å². The number of hydrogen-bond acceptors (Lipinski definition) is 3. The molecule has 0 bridgehead atoms. The number of hydrogen-bond donors (Lipinski definition) is 1. The Hall–Kier alpha value is -1.58. The molecule has 0 aromatic carbocycles. The second-order valence-corrected chi connectivity index (χ2v) is 6.15. The van der Waals surface area contributed by atoms with Gasteiger partial charge in [0.05, 0.1) is 12.7 Å². The summed E-state index contributed by atoms with van der Waals surface area (Å²) in [6.07, 6.45) is 6.24. The fraction of sp³-hybridized carbons (Fsp3) is 0.474. The molecule has 0 saturated carbocycles. The Morgan fingerprint density at radius 2 is 2.23 bits per heavy atom. The van der Waals surface area contributed by atoms with Crippen LogP contribution in [-0.2, 0) is 11.3 Å². The molecule has 1 aromatic heterocycles. The maximum Gasteiger partial charge on any atom is 0.130 e. The zero-order valence-electron chi connectivity index (χ0n) is 13.8. The van der Waals surface area contributed by atoms with Gasteiger partial charge in [0, 0.05) is 0 Å². The molecular formula is C19H26O3. The number of allylic oxidation sites excluding steroid dienone is 1.